The maximum absolute atomic E-state index is 8.89. The van der Waals surface area contributed by atoms with Crippen molar-refractivity contribution >= 4 is 27.3 Å². The van der Waals surface area contributed by atoms with Crippen molar-refractivity contribution in [1.82, 2.24) is 5.32 Å². The molecule has 0 aromatic carbocycles. The van der Waals surface area contributed by atoms with E-state index in [1.54, 1.807) is 11.3 Å². The summed E-state index contributed by atoms with van der Waals surface area (Å²) >= 11 is 5.17. The van der Waals surface area contributed by atoms with Gasteiger partial charge in [0.1, 0.15) is 0 Å². The molecular weight excluding hydrogens is 272 g/mol. The zero-order valence-corrected chi connectivity index (χ0v) is 11.6. The molecule has 15 heavy (non-hydrogen) atoms. The van der Waals surface area contributed by atoms with Gasteiger partial charge >= 0.3 is 0 Å². The number of hydrogen-bond donors (Lipinski definition) is 1. The molecular formula is C11H15BrN2S. The molecule has 1 unspecified atom stereocenters. The van der Waals surface area contributed by atoms with Gasteiger partial charge in [0.2, 0.25) is 0 Å². The van der Waals surface area contributed by atoms with Crippen molar-refractivity contribution in [3.05, 3.63) is 20.8 Å². The van der Waals surface area contributed by atoms with E-state index in [-0.39, 0.29) is 5.41 Å². The Morgan fingerprint density at radius 2 is 2.27 bits per heavy atom. The van der Waals surface area contributed by atoms with Gasteiger partial charge in [-0.05, 0) is 48.8 Å². The third kappa shape index (κ3) is 3.94. The van der Waals surface area contributed by atoms with Gasteiger partial charge in [-0.1, -0.05) is 0 Å². The fourth-order valence-electron chi connectivity index (χ4n) is 1.11. The van der Waals surface area contributed by atoms with E-state index in [0.717, 1.165) is 3.79 Å². The predicted octanol–water partition coefficient (Wildman–Crippen LogP) is 3.71. The van der Waals surface area contributed by atoms with E-state index in [0.29, 0.717) is 12.6 Å². The van der Waals surface area contributed by atoms with Crippen LogP contribution >= 0.6 is 27.3 Å². The lowest BCUT2D eigenvalue weighted by Gasteiger charge is -2.19. The van der Waals surface area contributed by atoms with Crippen LogP contribution in [0.1, 0.15) is 31.7 Å². The van der Waals surface area contributed by atoms with E-state index in [1.807, 2.05) is 19.9 Å². The summed E-state index contributed by atoms with van der Waals surface area (Å²) in [5.74, 6) is 0. The highest BCUT2D eigenvalue weighted by Gasteiger charge is 2.18. The van der Waals surface area contributed by atoms with Crippen molar-refractivity contribution in [2.75, 3.05) is 6.54 Å². The second-order valence-electron chi connectivity index (χ2n) is 4.24. The van der Waals surface area contributed by atoms with E-state index in [2.05, 4.69) is 40.3 Å². The van der Waals surface area contributed by atoms with Gasteiger partial charge in [0.25, 0.3) is 0 Å². The van der Waals surface area contributed by atoms with Crippen LogP contribution in [0.2, 0.25) is 0 Å². The highest BCUT2D eigenvalue weighted by Crippen LogP contribution is 2.27. The van der Waals surface area contributed by atoms with Gasteiger partial charge in [-0.3, -0.25) is 0 Å². The molecule has 0 fully saturated rings. The number of halogens is 1. The monoisotopic (exact) mass is 286 g/mol. The molecule has 82 valence electrons. The summed E-state index contributed by atoms with van der Waals surface area (Å²) in [6, 6.07) is 6.74. The summed E-state index contributed by atoms with van der Waals surface area (Å²) in [5, 5.41) is 12.3. The number of hydrogen-bond acceptors (Lipinski definition) is 3. The maximum atomic E-state index is 8.89. The van der Waals surface area contributed by atoms with Crippen LogP contribution in [-0.2, 0) is 0 Å². The smallest absolute Gasteiger partial charge is 0.0701 e. The molecule has 1 atom stereocenters. The Labute approximate surface area is 103 Å². The first-order chi connectivity index (χ1) is 6.94. The maximum Gasteiger partial charge on any atom is 0.0701 e. The lowest BCUT2D eigenvalue weighted by atomic mass is 9.95. The van der Waals surface area contributed by atoms with E-state index in [1.165, 1.54) is 4.88 Å². The fraction of sp³-hybridized carbons (Fsp3) is 0.545. The van der Waals surface area contributed by atoms with Gasteiger partial charge in [0, 0.05) is 17.5 Å². The zero-order chi connectivity index (χ0) is 11.5. The van der Waals surface area contributed by atoms with Gasteiger partial charge in [0.05, 0.1) is 15.3 Å². The number of rotatable bonds is 4. The van der Waals surface area contributed by atoms with Gasteiger partial charge in [-0.25, -0.2) is 0 Å². The third-order valence-corrected chi connectivity index (χ3v) is 3.98. The van der Waals surface area contributed by atoms with Crippen LogP contribution in [0.3, 0.4) is 0 Å². The summed E-state index contributed by atoms with van der Waals surface area (Å²) in [5.41, 5.74) is -0.303. The fourth-order valence-corrected chi connectivity index (χ4v) is 2.56. The summed E-state index contributed by atoms with van der Waals surface area (Å²) in [6.07, 6.45) is 0. The Kier molecular flexibility index (Phi) is 4.32. The number of nitrogens with zero attached hydrogens (tertiary/aromatic N) is 1. The van der Waals surface area contributed by atoms with Crippen LogP contribution in [0.5, 0.6) is 0 Å². The minimum atomic E-state index is -0.303. The lowest BCUT2D eigenvalue weighted by molar-refractivity contribution is 0.417. The van der Waals surface area contributed by atoms with Crippen LogP contribution in [-0.4, -0.2) is 6.54 Å². The minimum absolute atomic E-state index is 0.300. The van der Waals surface area contributed by atoms with Crippen LogP contribution in [0.4, 0.5) is 0 Å². The highest BCUT2D eigenvalue weighted by molar-refractivity contribution is 9.11. The molecule has 0 amide bonds. The Morgan fingerprint density at radius 3 is 2.73 bits per heavy atom. The minimum Gasteiger partial charge on any atom is -0.308 e. The normalized spacial score (nSPS) is 13.5. The van der Waals surface area contributed by atoms with Crippen LogP contribution in [0.25, 0.3) is 0 Å². The largest absolute Gasteiger partial charge is 0.308 e. The molecule has 1 rings (SSSR count). The SMILES string of the molecule is CC(NCC(C)(C)C#N)c1ccc(Br)s1. The average molecular weight is 287 g/mol. The molecule has 0 radical (unpaired) electrons. The van der Waals surface area contributed by atoms with Gasteiger partial charge in [0.15, 0.2) is 0 Å². The summed E-state index contributed by atoms with van der Waals surface area (Å²) < 4.78 is 1.14. The second kappa shape index (κ2) is 5.11. The Morgan fingerprint density at radius 1 is 1.60 bits per heavy atom. The van der Waals surface area contributed by atoms with Crippen LogP contribution in [0, 0.1) is 16.7 Å². The first kappa shape index (κ1) is 12.7. The number of thiophene rings is 1. The zero-order valence-electron chi connectivity index (χ0n) is 9.17. The summed E-state index contributed by atoms with van der Waals surface area (Å²) in [6.45, 7) is 6.71. The van der Waals surface area contributed by atoms with E-state index >= 15 is 0 Å². The molecule has 2 nitrogen and oxygen atoms in total. The molecule has 0 saturated carbocycles. The van der Waals surface area contributed by atoms with E-state index in [4.69, 9.17) is 5.26 Å². The van der Waals surface area contributed by atoms with E-state index < -0.39 is 0 Å². The first-order valence-electron chi connectivity index (χ1n) is 4.84. The van der Waals surface area contributed by atoms with Crippen molar-refractivity contribution in [1.29, 1.82) is 5.26 Å². The molecule has 0 saturated heterocycles. The van der Waals surface area contributed by atoms with Gasteiger partial charge < -0.3 is 5.32 Å². The second-order valence-corrected chi connectivity index (χ2v) is 6.73. The van der Waals surface area contributed by atoms with Crippen molar-refractivity contribution in [2.45, 2.75) is 26.8 Å². The van der Waals surface area contributed by atoms with Crippen molar-refractivity contribution in [2.24, 2.45) is 5.41 Å². The Hall–Kier alpha value is -0.370. The van der Waals surface area contributed by atoms with Crippen LogP contribution in [0.15, 0.2) is 15.9 Å². The molecule has 1 heterocycles. The Balaban J connectivity index is 2.51. The molecule has 0 spiro atoms. The number of nitriles is 1. The lowest BCUT2D eigenvalue weighted by Crippen LogP contribution is -2.29. The average Bonchev–Trinajstić information content (AvgIpc) is 2.61. The Bertz CT molecular complexity index is 365. The third-order valence-electron chi connectivity index (χ3n) is 2.17. The van der Waals surface area contributed by atoms with Crippen molar-refractivity contribution in [3.8, 4) is 6.07 Å². The van der Waals surface area contributed by atoms with Gasteiger partial charge in [-0.15, -0.1) is 11.3 Å². The first-order valence-corrected chi connectivity index (χ1v) is 6.45. The molecule has 0 aliphatic carbocycles. The van der Waals surface area contributed by atoms with E-state index in [9.17, 15) is 0 Å². The molecule has 4 heteroatoms. The highest BCUT2D eigenvalue weighted by atomic mass is 79.9. The van der Waals surface area contributed by atoms with Gasteiger partial charge in [-0.2, -0.15) is 5.26 Å². The van der Waals surface area contributed by atoms with Crippen molar-refractivity contribution < 1.29 is 0 Å². The predicted molar refractivity (Wildman–Crippen MR) is 67.8 cm³/mol. The topological polar surface area (TPSA) is 35.8 Å². The molecule has 1 aromatic heterocycles. The summed E-state index contributed by atoms with van der Waals surface area (Å²) in [4.78, 5) is 1.29. The standard InChI is InChI=1S/C11H15BrN2S/c1-8(9-4-5-10(12)15-9)14-7-11(2,3)6-13/h4-5,8,14H,7H2,1-3H3. The van der Waals surface area contributed by atoms with Crippen LogP contribution < -0.4 is 5.32 Å². The molecule has 0 bridgehead atoms. The van der Waals surface area contributed by atoms with Crippen molar-refractivity contribution in [3.63, 3.8) is 0 Å². The molecule has 1 aromatic rings. The molecule has 0 aliphatic rings. The molecule has 1 N–H and O–H groups in total. The number of nitrogens with one attached hydrogen (secondary N) is 1. The quantitative estimate of drug-likeness (QED) is 0.916. The summed E-state index contributed by atoms with van der Waals surface area (Å²) in [7, 11) is 0. The molecule has 0 aliphatic heterocycles.